The molecule has 1 heterocycles. The number of halogens is 1. The Balaban J connectivity index is 2.77. The number of oxazole rings is 1. The minimum Gasteiger partial charge on any atom is -0.438 e. The summed E-state index contributed by atoms with van der Waals surface area (Å²) in [5.41, 5.74) is 0.265. The Hall–Kier alpha value is -0.840. The van der Waals surface area contributed by atoms with Gasteiger partial charge in [0, 0.05) is 10.4 Å². The Morgan fingerprint density at radius 1 is 1.67 bits per heavy atom. The van der Waals surface area contributed by atoms with Crippen LogP contribution in [0.5, 0.6) is 0 Å². The molecule has 1 aromatic rings. The molecule has 0 aliphatic carbocycles. The van der Waals surface area contributed by atoms with Crippen LogP contribution in [-0.2, 0) is 0 Å². The van der Waals surface area contributed by atoms with Gasteiger partial charge >= 0.3 is 0 Å². The van der Waals surface area contributed by atoms with Gasteiger partial charge in [0.15, 0.2) is 6.39 Å². The molecule has 1 aromatic heterocycles. The predicted molar refractivity (Wildman–Crippen MR) is 61.2 cm³/mol. The molecule has 1 N–H and O–H groups in total. The van der Waals surface area contributed by atoms with Gasteiger partial charge in [0.1, 0.15) is 0 Å². The van der Waals surface area contributed by atoms with Gasteiger partial charge < -0.3 is 9.73 Å². The van der Waals surface area contributed by atoms with Gasteiger partial charge in [0.25, 0.3) is 5.91 Å². The van der Waals surface area contributed by atoms with Crippen LogP contribution in [0.25, 0.3) is 0 Å². The van der Waals surface area contributed by atoms with Crippen molar-refractivity contribution in [3.05, 3.63) is 17.8 Å². The van der Waals surface area contributed by atoms with E-state index < -0.39 is 0 Å². The molecule has 1 unspecified atom stereocenters. The van der Waals surface area contributed by atoms with Crippen molar-refractivity contribution in [3.63, 3.8) is 0 Å². The van der Waals surface area contributed by atoms with Gasteiger partial charge in [-0.2, -0.15) is 0 Å². The second-order valence-corrected chi connectivity index (χ2v) is 5.43. The summed E-state index contributed by atoms with van der Waals surface area (Å²) in [7, 11) is 0. The van der Waals surface area contributed by atoms with Crippen LogP contribution >= 0.6 is 15.9 Å². The second kappa shape index (κ2) is 4.35. The number of carbonyl (C=O) groups excluding carboxylic acids is 1. The van der Waals surface area contributed by atoms with Crippen LogP contribution in [0.15, 0.2) is 10.8 Å². The summed E-state index contributed by atoms with van der Waals surface area (Å²) >= 11 is 3.45. The number of carbonyl (C=O) groups is 1. The van der Waals surface area contributed by atoms with Crippen LogP contribution in [0.2, 0.25) is 0 Å². The van der Waals surface area contributed by atoms with Crippen LogP contribution in [0.3, 0.4) is 0 Å². The van der Waals surface area contributed by atoms with Crippen LogP contribution in [0, 0.1) is 6.92 Å². The van der Waals surface area contributed by atoms with Crippen molar-refractivity contribution in [3.8, 4) is 0 Å². The highest BCUT2D eigenvalue weighted by atomic mass is 79.9. The average Bonchev–Trinajstić information content (AvgIpc) is 2.50. The van der Waals surface area contributed by atoms with E-state index in [1.165, 1.54) is 6.39 Å². The number of nitrogens with one attached hydrogen (secondary N) is 1. The molecule has 0 saturated carbocycles. The van der Waals surface area contributed by atoms with Crippen molar-refractivity contribution in [2.24, 2.45) is 0 Å². The molecule has 0 bridgehead atoms. The van der Waals surface area contributed by atoms with Crippen molar-refractivity contribution in [1.29, 1.82) is 0 Å². The molecule has 84 valence electrons. The Bertz CT molecular complexity index is 358. The molecule has 0 fully saturated rings. The summed E-state index contributed by atoms with van der Waals surface area (Å²) < 4.78 is 5.01. The third kappa shape index (κ3) is 2.81. The molecule has 15 heavy (non-hydrogen) atoms. The largest absolute Gasteiger partial charge is 0.438 e. The normalized spacial score (nSPS) is 13.7. The van der Waals surface area contributed by atoms with E-state index in [-0.39, 0.29) is 22.0 Å². The standard InChI is InChI=1S/C10H15BrN2O2/c1-6-8(15-5-12-6)9(14)13-10(3,4)7(2)11/h5,7H,1-4H3,(H,13,14). The molecule has 4 nitrogen and oxygen atoms in total. The topological polar surface area (TPSA) is 55.1 Å². The molecule has 1 atom stereocenters. The lowest BCUT2D eigenvalue weighted by Gasteiger charge is -2.28. The highest BCUT2D eigenvalue weighted by molar-refractivity contribution is 9.09. The second-order valence-electron chi connectivity index (χ2n) is 4.06. The lowest BCUT2D eigenvalue weighted by atomic mass is 10.0. The van der Waals surface area contributed by atoms with E-state index in [4.69, 9.17) is 4.42 Å². The van der Waals surface area contributed by atoms with Gasteiger partial charge in [-0.15, -0.1) is 0 Å². The van der Waals surface area contributed by atoms with Gasteiger partial charge in [-0.25, -0.2) is 4.98 Å². The Labute approximate surface area is 97.6 Å². The van der Waals surface area contributed by atoms with E-state index >= 15 is 0 Å². The minimum atomic E-state index is -0.337. The molecule has 0 aromatic carbocycles. The van der Waals surface area contributed by atoms with Gasteiger partial charge in [-0.05, 0) is 20.8 Å². The van der Waals surface area contributed by atoms with Crippen molar-refractivity contribution in [2.45, 2.75) is 38.1 Å². The molecule has 1 rings (SSSR count). The molecule has 0 spiro atoms. The number of hydrogen-bond acceptors (Lipinski definition) is 3. The number of alkyl halides is 1. The van der Waals surface area contributed by atoms with E-state index in [0.29, 0.717) is 5.69 Å². The lowest BCUT2D eigenvalue weighted by molar-refractivity contribution is 0.0884. The molecule has 0 aliphatic heterocycles. The third-order valence-electron chi connectivity index (χ3n) is 2.38. The quantitative estimate of drug-likeness (QED) is 0.861. The van der Waals surface area contributed by atoms with Crippen molar-refractivity contribution in [2.75, 3.05) is 0 Å². The van der Waals surface area contributed by atoms with Gasteiger partial charge in [-0.3, -0.25) is 4.79 Å². The van der Waals surface area contributed by atoms with E-state index in [2.05, 4.69) is 26.2 Å². The lowest BCUT2D eigenvalue weighted by Crippen LogP contribution is -2.48. The zero-order chi connectivity index (χ0) is 11.6. The molecule has 5 heteroatoms. The first-order valence-corrected chi connectivity index (χ1v) is 5.63. The number of aromatic nitrogens is 1. The number of rotatable bonds is 3. The fourth-order valence-electron chi connectivity index (χ4n) is 0.969. The highest BCUT2D eigenvalue weighted by Crippen LogP contribution is 2.17. The SMILES string of the molecule is Cc1ncoc1C(=O)NC(C)(C)C(C)Br. The Kier molecular flexibility index (Phi) is 3.54. The van der Waals surface area contributed by atoms with E-state index in [1.807, 2.05) is 20.8 Å². The van der Waals surface area contributed by atoms with Gasteiger partial charge in [-0.1, -0.05) is 22.9 Å². The zero-order valence-electron chi connectivity index (χ0n) is 9.30. The minimum absolute atomic E-state index is 0.164. The summed E-state index contributed by atoms with van der Waals surface area (Å²) in [6, 6.07) is 0. The predicted octanol–water partition coefficient (Wildman–Crippen LogP) is 2.27. The van der Waals surface area contributed by atoms with Gasteiger partial charge in [0.05, 0.1) is 5.69 Å². The van der Waals surface area contributed by atoms with Crippen LogP contribution in [0.1, 0.15) is 37.0 Å². The molecule has 0 saturated heterocycles. The summed E-state index contributed by atoms with van der Waals surface area (Å²) in [4.78, 5) is 15.8. The maximum absolute atomic E-state index is 11.8. The smallest absolute Gasteiger partial charge is 0.289 e. The number of hydrogen-bond donors (Lipinski definition) is 1. The highest BCUT2D eigenvalue weighted by Gasteiger charge is 2.28. The summed E-state index contributed by atoms with van der Waals surface area (Å²) in [5, 5.41) is 2.88. The molecular formula is C10H15BrN2O2. The summed E-state index contributed by atoms with van der Waals surface area (Å²) in [5.74, 6) is 0.0394. The number of aryl methyl sites for hydroxylation is 1. The molecule has 0 radical (unpaired) electrons. The van der Waals surface area contributed by atoms with Gasteiger partial charge in [0.2, 0.25) is 5.76 Å². The van der Waals surface area contributed by atoms with E-state index in [1.54, 1.807) is 6.92 Å². The number of nitrogens with zero attached hydrogens (tertiary/aromatic N) is 1. The molecule has 1 amide bonds. The summed E-state index contributed by atoms with van der Waals surface area (Å²) in [6.07, 6.45) is 1.27. The first kappa shape index (κ1) is 12.2. The maximum atomic E-state index is 11.8. The van der Waals surface area contributed by atoms with Crippen LogP contribution in [-0.4, -0.2) is 21.3 Å². The third-order valence-corrected chi connectivity index (χ3v) is 3.53. The number of amides is 1. The molecule has 0 aliphatic rings. The first-order valence-electron chi connectivity index (χ1n) is 4.71. The Morgan fingerprint density at radius 3 is 2.67 bits per heavy atom. The average molecular weight is 275 g/mol. The maximum Gasteiger partial charge on any atom is 0.289 e. The zero-order valence-corrected chi connectivity index (χ0v) is 10.9. The van der Waals surface area contributed by atoms with Crippen molar-refractivity contribution in [1.82, 2.24) is 10.3 Å². The summed E-state index contributed by atoms with van der Waals surface area (Å²) in [6.45, 7) is 7.60. The monoisotopic (exact) mass is 274 g/mol. The van der Waals surface area contributed by atoms with Crippen molar-refractivity contribution < 1.29 is 9.21 Å². The van der Waals surface area contributed by atoms with Crippen LogP contribution in [0.4, 0.5) is 0 Å². The fraction of sp³-hybridized carbons (Fsp3) is 0.600. The van der Waals surface area contributed by atoms with Crippen LogP contribution < -0.4 is 5.32 Å². The first-order chi connectivity index (χ1) is 6.84. The fourth-order valence-corrected chi connectivity index (χ4v) is 1.08. The van der Waals surface area contributed by atoms with E-state index in [0.717, 1.165) is 0 Å². The Morgan fingerprint density at radius 2 is 2.27 bits per heavy atom. The molecular weight excluding hydrogens is 260 g/mol. The van der Waals surface area contributed by atoms with Crippen molar-refractivity contribution >= 4 is 21.8 Å². The van der Waals surface area contributed by atoms with E-state index in [9.17, 15) is 4.79 Å².